The highest BCUT2D eigenvalue weighted by Crippen LogP contribution is 2.23. The van der Waals surface area contributed by atoms with Crippen LogP contribution in [-0.4, -0.2) is 48.6 Å². The Balaban J connectivity index is 2.93. The largest absolute Gasteiger partial charge is 0.383 e. The van der Waals surface area contributed by atoms with E-state index in [-0.39, 0.29) is 17.7 Å². The number of amides is 2. The lowest BCUT2D eigenvalue weighted by Gasteiger charge is -2.45. The zero-order valence-corrected chi connectivity index (χ0v) is 11.2. The molecular weight excluding hydrogens is 220 g/mol. The van der Waals surface area contributed by atoms with Crippen LogP contribution in [0, 0.1) is 5.92 Å². The Bertz CT molecular complexity index is 313. The minimum atomic E-state index is -0.805. The molecule has 1 saturated heterocycles. The molecule has 0 spiro atoms. The number of rotatable bonds is 4. The van der Waals surface area contributed by atoms with E-state index in [1.807, 2.05) is 13.8 Å². The molecule has 1 N–H and O–H groups in total. The molecule has 2 amide bonds. The van der Waals surface area contributed by atoms with E-state index in [1.165, 1.54) is 0 Å². The lowest BCUT2D eigenvalue weighted by Crippen LogP contribution is -2.69. The fourth-order valence-electron chi connectivity index (χ4n) is 1.97. The number of hydrogen-bond donors (Lipinski definition) is 1. The smallest absolute Gasteiger partial charge is 0.246 e. The van der Waals surface area contributed by atoms with Crippen molar-refractivity contribution in [1.29, 1.82) is 0 Å². The van der Waals surface area contributed by atoms with E-state index >= 15 is 0 Å². The van der Waals surface area contributed by atoms with E-state index in [1.54, 1.807) is 25.9 Å². The van der Waals surface area contributed by atoms with Gasteiger partial charge in [-0.3, -0.25) is 9.59 Å². The molecule has 1 fully saturated rings. The van der Waals surface area contributed by atoms with Gasteiger partial charge >= 0.3 is 0 Å². The second-order valence-electron chi connectivity index (χ2n) is 5.24. The highest BCUT2D eigenvalue weighted by molar-refractivity contribution is 5.99. The summed E-state index contributed by atoms with van der Waals surface area (Å²) in [5.74, 6) is -0.0406. The van der Waals surface area contributed by atoms with Crippen LogP contribution in [0.5, 0.6) is 0 Å². The molecule has 1 aliphatic heterocycles. The maximum Gasteiger partial charge on any atom is 0.246 e. The van der Waals surface area contributed by atoms with E-state index in [4.69, 9.17) is 4.74 Å². The van der Waals surface area contributed by atoms with Crippen LogP contribution in [0.3, 0.4) is 0 Å². The average molecular weight is 242 g/mol. The molecule has 1 atom stereocenters. The van der Waals surface area contributed by atoms with Crippen molar-refractivity contribution >= 4 is 11.8 Å². The molecule has 5 heteroatoms. The first kappa shape index (κ1) is 14.0. The Labute approximate surface area is 102 Å². The molecule has 1 aliphatic rings. The highest BCUT2D eigenvalue weighted by Gasteiger charge is 2.46. The van der Waals surface area contributed by atoms with Crippen LogP contribution in [-0.2, 0) is 14.3 Å². The van der Waals surface area contributed by atoms with Gasteiger partial charge in [-0.05, 0) is 19.8 Å². The molecule has 0 aromatic heterocycles. The van der Waals surface area contributed by atoms with Gasteiger partial charge in [0.25, 0.3) is 0 Å². The monoisotopic (exact) mass is 242 g/mol. The Hall–Kier alpha value is -1.10. The molecule has 1 rings (SSSR count). The van der Waals surface area contributed by atoms with E-state index in [0.29, 0.717) is 13.2 Å². The number of ether oxygens (including phenoxy) is 1. The Morgan fingerprint density at radius 3 is 2.47 bits per heavy atom. The number of nitrogens with zero attached hydrogens (tertiary/aromatic N) is 1. The van der Waals surface area contributed by atoms with Gasteiger partial charge in [-0.1, -0.05) is 13.8 Å². The average Bonchev–Trinajstić information content (AvgIpc) is 2.23. The zero-order chi connectivity index (χ0) is 13.2. The van der Waals surface area contributed by atoms with Crippen molar-refractivity contribution in [3.8, 4) is 0 Å². The summed E-state index contributed by atoms with van der Waals surface area (Å²) in [4.78, 5) is 25.9. The first-order chi connectivity index (χ1) is 7.82. The Kier molecular flexibility index (Phi) is 4.14. The standard InChI is InChI=1S/C12H22N2O3/c1-8(2)9-10(15)14(6-7-17-5)12(3,4)11(16)13-9/h8-9H,6-7H2,1-5H3,(H,13,16). The number of nitrogens with one attached hydrogen (secondary N) is 1. The van der Waals surface area contributed by atoms with Crippen LogP contribution in [0.15, 0.2) is 0 Å². The molecule has 5 nitrogen and oxygen atoms in total. The van der Waals surface area contributed by atoms with Crippen LogP contribution in [0.2, 0.25) is 0 Å². The van der Waals surface area contributed by atoms with E-state index in [0.717, 1.165) is 0 Å². The van der Waals surface area contributed by atoms with Gasteiger partial charge in [-0.2, -0.15) is 0 Å². The van der Waals surface area contributed by atoms with Crippen molar-refractivity contribution in [2.75, 3.05) is 20.3 Å². The fourth-order valence-corrected chi connectivity index (χ4v) is 1.97. The normalized spacial score (nSPS) is 24.1. The summed E-state index contributed by atoms with van der Waals surface area (Å²) in [6, 6.07) is -0.424. The van der Waals surface area contributed by atoms with Gasteiger partial charge in [-0.25, -0.2) is 0 Å². The molecule has 1 heterocycles. The van der Waals surface area contributed by atoms with Crippen molar-refractivity contribution in [2.45, 2.75) is 39.3 Å². The zero-order valence-electron chi connectivity index (χ0n) is 11.2. The predicted octanol–water partition coefficient (Wildman–Crippen LogP) is 0.394. The predicted molar refractivity (Wildman–Crippen MR) is 64.4 cm³/mol. The molecular formula is C12H22N2O3. The molecule has 0 aliphatic carbocycles. The van der Waals surface area contributed by atoms with Crippen LogP contribution in [0.25, 0.3) is 0 Å². The highest BCUT2D eigenvalue weighted by atomic mass is 16.5. The number of carbonyl (C=O) groups excluding carboxylic acids is 2. The van der Waals surface area contributed by atoms with Crippen molar-refractivity contribution in [3.63, 3.8) is 0 Å². The summed E-state index contributed by atoms with van der Waals surface area (Å²) in [5.41, 5.74) is -0.805. The molecule has 0 radical (unpaired) electrons. The molecule has 0 saturated carbocycles. The molecule has 98 valence electrons. The third kappa shape index (κ3) is 2.60. The lowest BCUT2D eigenvalue weighted by atomic mass is 9.91. The summed E-state index contributed by atoms with van der Waals surface area (Å²) >= 11 is 0. The third-order valence-corrected chi connectivity index (χ3v) is 3.23. The van der Waals surface area contributed by atoms with Gasteiger partial charge in [-0.15, -0.1) is 0 Å². The van der Waals surface area contributed by atoms with Gasteiger partial charge in [0.2, 0.25) is 11.8 Å². The molecule has 17 heavy (non-hydrogen) atoms. The van der Waals surface area contributed by atoms with Gasteiger partial charge in [0, 0.05) is 13.7 Å². The maximum atomic E-state index is 12.3. The van der Waals surface area contributed by atoms with Crippen molar-refractivity contribution in [1.82, 2.24) is 10.2 Å². The minimum Gasteiger partial charge on any atom is -0.383 e. The second kappa shape index (κ2) is 5.04. The summed E-state index contributed by atoms with van der Waals surface area (Å²) in [6.07, 6.45) is 0. The number of hydrogen-bond acceptors (Lipinski definition) is 3. The lowest BCUT2D eigenvalue weighted by molar-refractivity contribution is -0.157. The first-order valence-electron chi connectivity index (χ1n) is 5.93. The molecule has 0 aromatic rings. The van der Waals surface area contributed by atoms with Crippen LogP contribution in [0.1, 0.15) is 27.7 Å². The quantitative estimate of drug-likeness (QED) is 0.776. The maximum absolute atomic E-state index is 12.3. The molecule has 1 unspecified atom stereocenters. The SMILES string of the molecule is COCCN1C(=O)C(C(C)C)NC(=O)C1(C)C. The summed E-state index contributed by atoms with van der Waals surface area (Å²) < 4.78 is 4.99. The number of piperazine rings is 1. The topological polar surface area (TPSA) is 58.6 Å². The van der Waals surface area contributed by atoms with Crippen molar-refractivity contribution in [2.24, 2.45) is 5.92 Å². The van der Waals surface area contributed by atoms with Gasteiger partial charge in [0.05, 0.1) is 6.61 Å². The van der Waals surface area contributed by atoms with Crippen LogP contribution < -0.4 is 5.32 Å². The van der Waals surface area contributed by atoms with Crippen LogP contribution in [0.4, 0.5) is 0 Å². The van der Waals surface area contributed by atoms with Gasteiger partial charge < -0.3 is 15.0 Å². The minimum absolute atomic E-state index is 0.0262. The molecule has 0 bridgehead atoms. The van der Waals surface area contributed by atoms with Gasteiger partial charge in [0.1, 0.15) is 11.6 Å². The number of methoxy groups -OCH3 is 1. The summed E-state index contributed by atoms with van der Waals surface area (Å²) in [7, 11) is 1.58. The third-order valence-electron chi connectivity index (χ3n) is 3.23. The van der Waals surface area contributed by atoms with E-state index in [2.05, 4.69) is 5.32 Å². The van der Waals surface area contributed by atoms with Crippen LogP contribution >= 0.6 is 0 Å². The Morgan fingerprint density at radius 2 is 2.00 bits per heavy atom. The van der Waals surface area contributed by atoms with E-state index in [9.17, 15) is 9.59 Å². The first-order valence-corrected chi connectivity index (χ1v) is 5.93. The van der Waals surface area contributed by atoms with Crippen molar-refractivity contribution < 1.29 is 14.3 Å². The van der Waals surface area contributed by atoms with Crippen molar-refractivity contribution in [3.05, 3.63) is 0 Å². The Morgan fingerprint density at radius 1 is 1.41 bits per heavy atom. The summed E-state index contributed by atoms with van der Waals surface area (Å²) in [5, 5.41) is 2.79. The second-order valence-corrected chi connectivity index (χ2v) is 5.24. The summed E-state index contributed by atoms with van der Waals surface area (Å²) in [6.45, 7) is 8.25. The molecule has 0 aromatic carbocycles. The fraction of sp³-hybridized carbons (Fsp3) is 0.833. The van der Waals surface area contributed by atoms with Gasteiger partial charge in [0.15, 0.2) is 0 Å². The van der Waals surface area contributed by atoms with E-state index < -0.39 is 11.6 Å². The number of carbonyl (C=O) groups is 2.